The number of nitrogens with one attached hydrogen (secondary N) is 1. The summed E-state index contributed by atoms with van der Waals surface area (Å²) in [6.07, 6.45) is 1.42. The molecule has 1 heterocycles. The Balaban J connectivity index is 1.95. The minimum absolute atomic E-state index is 0.0385. The van der Waals surface area contributed by atoms with Gasteiger partial charge in [-0.3, -0.25) is 4.79 Å². The summed E-state index contributed by atoms with van der Waals surface area (Å²) in [5.41, 5.74) is 1.13. The standard InChI is InChI=1S/C18H26N2O3/c1-13-8-5-6-10-15(13)16(21)19-14-9-7-11-20(12-14)17(22)23-18(2,3)4/h5-6,8,10,14H,7,9,11-12H2,1-4H3,(H,19,21). The molecule has 1 unspecified atom stereocenters. The molecule has 0 aromatic heterocycles. The van der Waals surface area contributed by atoms with Crippen molar-refractivity contribution < 1.29 is 14.3 Å². The number of amides is 2. The summed E-state index contributed by atoms with van der Waals surface area (Å²) in [6.45, 7) is 8.64. The monoisotopic (exact) mass is 318 g/mol. The van der Waals surface area contributed by atoms with E-state index in [1.807, 2.05) is 52.0 Å². The molecule has 1 aromatic carbocycles. The van der Waals surface area contributed by atoms with Gasteiger partial charge in [0.15, 0.2) is 0 Å². The van der Waals surface area contributed by atoms with Crippen molar-refractivity contribution in [3.05, 3.63) is 35.4 Å². The van der Waals surface area contributed by atoms with Gasteiger partial charge in [0.2, 0.25) is 0 Å². The number of aryl methyl sites for hydroxylation is 1. The lowest BCUT2D eigenvalue weighted by molar-refractivity contribution is 0.0185. The van der Waals surface area contributed by atoms with Crippen molar-refractivity contribution in [3.8, 4) is 0 Å². The number of ether oxygens (including phenoxy) is 1. The first-order valence-corrected chi connectivity index (χ1v) is 8.11. The largest absolute Gasteiger partial charge is 0.444 e. The maximum Gasteiger partial charge on any atom is 0.410 e. The fourth-order valence-corrected chi connectivity index (χ4v) is 2.68. The van der Waals surface area contributed by atoms with Crippen molar-refractivity contribution >= 4 is 12.0 Å². The topological polar surface area (TPSA) is 58.6 Å². The van der Waals surface area contributed by atoms with E-state index in [0.717, 1.165) is 18.4 Å². The Hall–Kier alpha value is -2.04. The number of nitrogens with zero attached hydrogens (tertiary/aromatic N) is 1. The van der Waals surface area contributed by atoms with Crippen LogP contribution in [0.2, 0.25) is 0 Å². The van der Waals surface area contributed by atoms with Gasteiger partial charge in [0.25, 0.3) is 5.91 Å². The minimum atomic E-state index is -0.506. The Morgan fingerprint density at radius 3 is 2.61 bits per heavy atom. The number of likely N-dealkylation sites (tertiary alicyclic amines) is 1. The average molecular weight is 318 g/mol. The number of benzene rings is 1. The first-order valence-electron chi connectivity index (χ1n) is 8.11. The third-order valence-electron chi connectivity index (χ3n) is 3.80. The molecule has 1 aromatic rings. The molecule has 1 fully saturated rings. The van der Waals surface area contributed by atoms with Gasteiger partial charge in [-0.25, -0.2) is 4.79 Å². The van der Waals surface area contributed by atoms with Crippen LogP contribution in [-0.4, -0.2) is 41.6 Å². The number of hydrogen-bond acceptors (Lipinski definition) is 3. The molecule has 0 saturated carbocycles. The zero-order chi connectivity index (χ0) is 17.0. The van der Waals surface area contributed by atoms with Crippen molar-refractivity contribution in [2.45, 2.75) is 52.2 Å². The molecule has 0 radical (unpaired) electrons. The highest BCUT2D eigenvalue weighted by molar-refractivity contribution is 5.95. The molecule has 5 nitrogen and oxygen atoms in total. The predicted octanol–water partition coefficient (Wildman–Crippen LogP) is 3.12. The zero-order valence-electron chi connectivity index (χ0n) is 14.4. The maximum absolute atomic E-state index is 12.4. The van der Waals surface area contributed by atoms with Gasteiger partial charge in [-0.05, 0) is 52.2 Å². The van der Waals surface area contributed by atoms with Crippen molar-refractivity contribution in [2.75, 3.05) is 13.1 Å². The molecule has 0 bridgehead atoms. The molecule has 126 valence electrons. The van der Waals surface area contributed by atoms with Gasteiger partial charge >= 0.3 is 6.09 Å². The molecule has 23 heavy (non-hydrogen) atoms. The van der Waals surface area contributed by atoms with Gasteiger partial charge in [-0.2, -0.15) is 0 Å². The number of carbonyl (C=O) groups is 2. The van der Waals surface area contributed by atoms with Crippen molar-refractivity contribution in [2.24, 2.45) is 0 Å². The lowest BCUT2D eigenvalue weighted by atomic mass is 10.0. The summed E-state index contributed by atoms with van der Waals surface area (Å²) in [7, 11) is 0. The van der Waals surface area contributed by atoms with Gasteiger partial charge in [0, 0.05) is 24.7 Å². The Morgan fingerprint density at radius 2 is 1.96 bits per heavy atom. The van der Waals surface area contributed by atoms with E-state index in [2.05, 4.69) is 5.32 Å². The van der Waals surface area contributed by atoms with Crippen LogP contribution in [0.3, 0.4) is 0 Å². The van der Waals surface area contributed by atoms with Crippen LogP contribution in [0.25, 0.3) is 0 Å². The van der Waals surface area contributed by atoms with E-state index < -0.39 is 5.60 Å². The van der Waals surface area contributed by atoms with Gasteiger partial charge in [-0.1, -0.05) is 18.2 Å². The van der Waals surface area contributed by atoms with E-state index in [0.29, 0.717) is 18.7 Å². The maximum atomic E-state index is 12.4. The normalized spacial score (nSPS) is 18.4. The Bertz CT molecular complexity index is 578. The minimum Gasteiger partial charge on any atom is -0.444 e. The fourth-order valence-electron chi connectivity index (χ4n) is 2.68. The summed E-state index contributed by atoms with van der Waals surface area (Å²) in [5.74, 6) is -0.0841. The molecule has 2 amide bonds. The van der Waals surface area contributed by atoms with E-state index in [1.165, 1.54) is 0 Å². The first kappa shape index (κ1) is 17.3. The van der Waals surface area contributed by atoms with E-state index in [9.17, 15) is 9.59 Å². The highest BCUT2D eigenvalue weighted by Crippen LogP contribution is 2.16. The van der Waals surface area contributed by atoms with E-state index in [-0.39, 0.29) is 18.0 Å². The van der Waals surface area contributed by atoms with Gasteiger partial charge in [0.05, 0.1) is 0 Å². The molecule has 1 atom stereocenters. The quantitative estimate of drug-likeness (QED) is 0.911. The van der Waals surface area contributed by atoms with Crippen molar-refractivity contribution in [1.82, 2.24) is 10.2 Å². The Kier molecular flexibility index (Phi) is 5.29. The third kappa shape index (κ3) is 4.98. The molecule has 1 N–H and O–H groups in total. The second kappa shape index (κ2) is 7.02. The van der Waals surface area contributed by atoms with Gasteiger partial charge in [0.1, 0.15) is 5.60 Å². The molecule has 0 aliphatic carbocycles. The van der Waals surface area contributed by atoms with Crippen molar-refractivity contribution in [1.29, 1.82) is 0 Å². The lowest BCUT2D eigenvalue weighted by Gasteiger charge is -2.34. The predicted molar refractivity (Wildman–Crippen MR) is 89.5 cm³/mol. The van der Waals surface area contributed by atoms with Crippen LogP contribution in [0.1, 0.15) is 49.5 Å². The van der Waals surface area contributed by atoms with Gasteiger partial charge in [-0.15, -0.1) is 0 Å². The summed E-state index contributed by atoms with van der Waals surface area (Å²) in [4.78, 5) is 26.2. The number of hydrogen-bond donors (Lipinski definition) is 1. The number of piperidine rings is 1. The lowest BCUT2D eigenvalue weighted by Crippen LogP contribution is -2.50. The molecule has 1 aliphatic rings. The van der Waals surface area contributed by atoms with E-state index >= 15 is 0 Å². The SMILES string of the molecule is Cc1ccccc1C(=O)NC1CCCN(C(=O)OC(C)(C)C)C1. The molecular weight excluding hydrogens is 292 g/mol. The third-order valence-corrected chi connectivity index (χ3v) is 3.80. The number of carbonyl (C=O) groups excluding carboxylic acids is 2. The molecule has 2 rings (SSSR count). The molecule has 5 heteroatoms. The smallest absolute Gasteiger partial charge is 0.410 e. The molecule has 0 spiro atoms. The van der Waals surface area contributed by atoms with Crippen LogP contribution in [0.4, 0.5) is 4.79 Å². The average Bonchev–Trinajstić information content (AvgIpc) is 2.46. The fraction of sp³-hybridized carbons (Fsp3) is 0.556. The van der Waals surface area contributed by atoms with Crippen LogP contribution in [0.5, 0.6) is 0 Å². The molecular formula is C18H26N2O3. The molecule has 1 aliphatic heterocycles. The summed E-state index contributed by atoms with van der Waals surface area (Å²) in [6, 6.07) is 7.47. The second-order valence-corrected chi connectivity index (χ2v) is 7.05. The summed E-state index contributed by atoms with van der Waals surface area (Å²) >= 11 is 0. The number of rotatable bonds is 2. The Morgan fingerprint density at radius 1 is 1.26 bits per heavy atom. The Labute approximate surface area is 138 Å². The zero-order valence-corrected chi connectivity index (χ0v) is 14.4. The summed E-state index contributed by atoms with van der Waals surface area (Å²) < 4.78 is 5.41. The highest BCUT2D eigenvalue weighted by atomic mass is 16.6. The van der Waals surface area contributed by atoms with Crippen LogP contribution in [0, 0.1) is 6.92 Å². The van der Waals surface area contributed by atoms with Crippen LogP contribution >= 0.6 is 0 Å². The van der Waals surface area contributed by atoms with Gasteiger partial charge < -0.3 is 15.0 Å². The molecule has 1 saturated heterocycles. The van der Waals surface area contributed by atoms with Crippen LogP contribution in [0.15, 0.2) is 24.3 Å². The van der Waals surface area contributed by atoms with E-state index in [4.69, 9.17) is 4.74 Å². The summed E-state index contributed by atoms with van der Waals surface area (Å²) in [5, 5.41) is 3.04. The van der Waals surface area contributed by atoms with Crippen molar-refractivity contribution in [3.63, 3.8) is 0 Å². The van der Waals surface area contributed by atoms with Crippen LogP contribution in [-0.2, 0) is 4.74 Å². The second-order valence-electron chi connectivity index (χ2n) is 7.05. The highest BCUT2D eigenvalue weighted by Gasteiger charge is 2.28. The van der Waals surface area contributed by atoms with E-state index in [1.54, 1.807) is 4.90 Å². The van der Waals surface area contributed by atoms with Crippen LogP contribution < -0.4 is 5.32 Å². The first-order chi connectivity index (χ1) is 10.8.